The second-order valence-electron chi connectivity index (χ2n) is 4.29. The number of anilines is 2. The number of amides is 1. The highest BCUT2D eigenvalue weighted by Gasteiger charge is 2.27. The molecular formula is C16H27N5O2. The Morgan fingerprint density at radius 2 is 2.35 bits per heavy atom. The highest BCUT2D eigenvalue weighted by atomic mass is 16.3. The molecule has 1 aliphatic rings. The number of rotatable bonds is 4. The van der Waals surface area contributed by atoms with Crippen molar-refractivity contribution in [3.05, 3.63) is 11.8 Å². The van der Waals surface area contributed by atoms with Crippen LogP contribution < -0.4 is 16.4 Å². The van der Waals surface area contributed by atoms with Crippen LogP contribution in [-0.2, 0) is 0 Å². The van der Waals surface area contributed by atoms with Crippen LogP contribution in [0.15, 0.2) is 6.20 Å². The van der Waals surface area contributed by atoms with E-state index in [0.29, 0.717) is 6.20 Å². The molecule has 7 nitrogen and oxygen atoms in total. The minimum absolute atomic E-state index is 0.388. The Morgan fingerprint density at radius 3 is 3.00 bits per heavy atom. The lowest BCUT2D eigenvalue weighted by molar-refractivity contribution is 0.0739. The number of nitrogens with one attached hydrogen (secondary N) is 2. The molecule has 7 heteroatoms. The van der Waals surface area contributed by atoms with Gasteiger partial charge in [-0.25, -0.2) is 4.98 Å². The third-order valence-corrected chi connectivity index (χ3v) is 2.39. The van der Waals surface area contributed by atoms with E-state index in [0.717, 1.165) is 0 Å². The minimum atomic E-state index is -4.48. The molecule has 1 aromatic heterocycles. The van der Waals surface area contributed by atoms with Gasteiger partial charge in [0, 0.05) is 43.8 Å². The molecule has 0 aliphatic heterocycles. The molecule has 0 saturated heterocycles. The maximum Gasteiger partial charge on any atom is 0.254 e. The second-order valence-corrected chi connectivity index (χ2v) is 4.29. The molecule has 1 amide bonds. The fourth-order valence-electron chi connectivity index (χ4n) is 1.46. The van der Waals surface area contributed by atoms with Gasteiger partial charge in [-0.1, -0.05) is 6.85 Å². The summed E-state index contributed by atoms with van der Waals surface area (Å²) < 4.78 is 167. The summed E-state index contributed by atoms with van der Waals surface area (Å²) in [5.74, 6) is -8.39. The van der Waals surface area contributed by atoms with E-state index in [4.69, 9.17) is 34.5 Å². The Morgan fingerprint density at radius 1 is 1.57 bits per heavy atom. The molecule has 0 spiro atoms. The fraction of sp³-hybridized carbons (Fsp3) is 0.688. The Bertz CT molecular complexity index is 1230. The fourth-order valence-corrected chi connectivity index (χ4v) is 1.46. The van der Waals surface area contributed by atoms with Gasteiger partial charge in [-0.15, -0.1) is 0 Å². The zero-order chi connectivity index (χ0) is 35.3. The van der Waals surface area contributed by atoms with E-state index in [1.54, 1.807) is 10.6 Å². The number of carbonyl (C=O) groups is 1. The normalized spacial score (nSPS) is 56.8. The van der Waals surface area contributed by atoms with Crippen molar-refractivity contribution in [2.45, 2.75) is 64.2 Å². The molecule has 1 fully saturated rings. The van der Waals surface area contributed by atoms with Crippen LogP contribution in [0, 0.1) is 5.89 Å². The maximum atomic E-state index is 12.2. The van der Waals surface area contributed by atoms with Crippen molar-refractivity contribution in [3.63, 3.8) is 0 Å². The number of primary amides is 1. The van der Waals surface area contributed by atoms with Gasteiger partial charge in [0.25, 0.3) is 5.91 Å². The highest BCUT2D eigenvalue weighted by molar-refractivity contribution is 5.97. The van der Waals surface area contributed by atoms with Crippen LogP contribution in [-0.4, -0.2) is 38.6 Å². The van der Waals surface area contributed by atoms with Crippen molar-refractivity contribution in [1.29, 1.82) is 0 Å². The van der Waals surface area contributed by atoms with Gasteiger partial charge in [0.1, 0.15) is 5.82 Å². The molecular weight excluding hydrogens is 294 g/mol. The zero-order valence-corrected chi connectivity index (χ0v) is 11.4. The average molecular weight is 343 g/mol. The quantitative estimate of drug-likeness (QED) is 0.663. The summed E-state index contributed by atoms with van der Waals surface area (Å²) in [5, 5.41) is 14.2. The van der Waals surface area contributed by atoms with E-state index < -0.39 is 93.3 Å². The van der Waals surface area contributed by atoms with Crippen LogP contribution in [0.25, 0.3) is 0 Å². The third-order valence-electron chi connectivity index (χ3n) is 2.39. The van der Waals surface area contributed by atoms with E-state index in [9.17, 15) is 9.90 Å². The second kappa shape index (κ2) is 6.70. The van der Waals surface area contributed by atoms with E-state index in [-0.39, 0.29) is 0 Å². The van der Waals surface area contributed by atoms with Gasteiger partial charge in [-0.2, -0.15) is 4.98 Å². The van der Waals surface area contributed by atoms with Gasteiger partial charge in [-0.05, 0) is 45.6 Å². The van der Waals surface area contributed by atoms with E-state index >= 15 is 0 Å². The first-order valence-corrected chi connectivity index (χ1v) is 5.93. The molecule has 5 N–H and O–H groups in total. The van der Waals surface area contributed by atoms with Gasteiger partial charge in [0.2, 0.25) is 5.95 Å². The summed E-state index contributed by atoms with van der Waals surface area (Å²) in [6, 6.07) is -4.11. The predicted octanol–water partition coefficient (Wildman–Crippen LogP) is 1.75. The van der Waals surface area contributed by atoms with Crippen LogP contribution in [0.4, 0.5) is 11.8 Å². The van der Waals surface area contributed by atoms with Crippen LogP contribution in [0.3, 0.4) is 0 Å². The molecule has 2 rings (SSSR count). The first-order valence-electron chi connectivity index (χ1n) is 16.4. The number of carbonyl (C=O) groups excluding carboxylic acids is 1. The van der Waals surface area contributed by atoms with Crippen molar-refractivity contribution >= 4 is 17.7 Å². The van der Waals surface area contributed by atoms with Gasteiger partial charge in [0.15, 0.2) is 0 Å². The number of nitrogens with zero attached hydrogens (tertiary/aromatic N) is 2. The first-order chi connectivity index (χ1) is 19.0. The van der Waals surface area contributed by atoms with Crippen molar-refractivity contribution < 1.29 is 38.7 Å². The summed E-state index contributed by atoms with van der Waals surface area (Å²) in [4.78, 5) is 19.1. The molecule has 23 heavy (non-hydrogen) atoms. The molecule has 0 bridgehead atoms. The molecule has 3 atom stereocenters. The van der Waals surface area contributed by atoms with E-state index in [1.807, 2.05) is 0 Å². The lowest BCUT2D eigenvalue weighted by Crippen LogP contribution is -2.36. The topological polar surface area (TPSA) is 113 Å². The maximum absolute atomic E-state index is 12.2. The van der Waals surface area contributed by atoms with Crippen molar-refractivity contribution in [1.82, 2.24) is 9.97 Å². The number of aromatic nitrogens is 2. The molecule has 1 aliphatic carbocycles. The lowest BCUT2D eigenvalue weighted by Gasteiger charge is -2.32. The monoisotopic (exact) mass is 342 g/mol. The Hall–Kier alpha value is -1.89. The van der Waals surface area contributed by atoms with Crippen molar-refractivity contribution in [2.24, 2.45) is 11.6 Å². The summed E-state index contributed by atoms with van der Waals surface area (Å²) in [6.07, 6.45) is -16.9. The molecule has 1 aromatic rings. The Balaban J connectivity index is 2.96. The number of nitrogens with two attached hydrogens (primary N) is 1. The van der Waals surface area contributed by atoms with Crippen molar-refractivity contribution in [2.75, 3.05) is 10.6 Å². The largest absolute Gasteiger partial charge is 0.393 e. The summed E-state index contributed by atoms with van der Waals surface area (Å²) in [6.45, 7) is -15.7. The molecule has 128 valence electrons. The van der Waals surface area contributed by atoms with Crippen LogP contribution >= 0.6 is 0 Å². The van der Waals surface area contributed by atoms with E-state index in [2.05, 4.69) is 9.97 Å². The summed E-state index contributed by atoms with van der Waals surface area (Å²) >= 11 is 0. The first kappa shape index (κ1) is 4.59. The smallest absolute Gasteiger partial charge is 0.254 e. The molecule has 1 saturated carbocycles. The number of hydrogen-bond donors (Lipinski definition) is 4. The summed E-state index contributed by atoms with van der Waals surface area (Å²) in [5.41, 5.74) is 0.406. The van der Waals surface area contributed by atoms with Crippen molar-refractivity contribution in [3.8, 4) is 0 Å². The van der Waals surface area contributed by atoms with E-state index in [1.165, 1.54) is 0 Å². The van der Waals surface area contributed by atoms with Crippen LogP contribution in [0.2, 0.25) is 0 Å². The summed E-state index contributed by atoms with van der Waals surface area (Å²) in [7, 11) is 0. The molecule has 3 unspecified atom stereocenters. The molecule has 0 aromatic carbocycles. The number of aliphatic hydroxyl groups is 1. The molecule has 1 heterocycles. The van der Waals surface area contributed by atoms with Crippen LogP contribution in [0.1, 0.15) is 85.7 Å². The lowest BCUT2D eigenvalue weighted by atomic mass is 9.85. The Kier molecular flexibility index (Phi) is 1.34. The standard InChI is InChI=1S/C16H27N5O2/c1-9-5-6-10(7-12(9)22)19-14-11(13(17)23)8-18-15(20-14)21-16(2,3)4/h8-10,12,22H,5-7H2,1-4H3,(H2,17,23)(H2,18,19,20,21)/i1D3,2D3,3D3,4D3,5D2,6D2,7D2,9D,10D,12D. The minimum Gasteiger partial charge on any atom is -0.393 e. The molecule has 0 radical (unpaired) electrons. The predicted molar refractivity (Wildman–Crippen MR) is 90.4 cm³/mol. The van der Waals surface area contributed by atoms with Gasteiger partial charge in [-0.3, -0.25) is 4.79 Å². The zero-order valence-electron chi connectivity index (χ0n) is 32.4. The average Bonchev–Trinajstić information content (AvgIpc) is 2.77. The van der Waals surface area contributed by atoms with Gasteiger partial charge in [0.05, 0.1) is 14.4 Å². The highest BCUT2D eigenvalue weighted by Crippen LogP contribution is 2.27. The van der Waals surface area contributed by atoms with Gasteiger partial charge >= 0.3 is 0 Å². The van der Waals surface area contributed by atoms with Crippen LogP contribution in [0.5, 0.6) is 0 Å². The SMILES string of the molecule is [2H]C([2H])([2H])C1([2H])C([2H])([2H])C([2H])([2H])C([2H])(Nc2nc(NC(C([2H])([2H])[2H])(C([2H])([2H])[2H])C([2H])([2H])[2H])ncc2C(N)=O)C([2H])([2H])C1([2H])O. The number of hydrogen-bond acceptors (Lipinski definition) is 6. The Labute approximate surface area is 166 Å². The van der Waals surface area contributed by atoms with Gasteiger partial charge < -0.3 is 21.5 Å². The third kappa shape index (κ3) is 4.79.